The summed E-state index contributed by atoms with van der Waals surface area (Å²) < 4.78 is 5.36. The highest BCUT2D eigenvalue weighted by Crippen LogP contribution is 2.38. The summed E-state index contributed by atoms with van der Waals surface area (Å²) in [6, 6.07) is 5.25. The minimum Gasteiger partial charge on any atom is -0.496 e. The van der Waals surface area contributed by atoms with E-state index in [-0.39, 0.29) is 6.04 Å². The van der Waals surface area contributed by atoms with E-state index in [4.69, 9.17) is 22.1 Å². The van der Waals surface area contributed by atoms with Gasteiger partial charge in [-0.1, -0.05) is 17.7 Å². The molecule has 2 N–H and O–H groups in total. The number of rotatable bonds is 3. The number of aryl methyl sites for hydroxylation is 2. The molecular formula is C14H15ClN2OS. The average molecular weight is 295 g/mol. The Morgan fingerprint density at radius 3 is 3.00 bits per heavy atom. The summed E-state index contributed by atoms with van der Waals surface area (Å²) in [6.07, 6.45) is 3.40. The molecule has 0 spiro atoms. The van der Waals surface area contributed by atoms with Crippen LogP contribution in [0.2, 0.25) is 5.02 Å². The monoisotopic (exact) mass is 294 g/mol. The molecule has 0 amide bonds. The zero-order valence-corrected chi connectivity index (χ0v) is 12.2. The van der Waals surface area contributed by atoms with Gasteiger partial charge in [0.1, 0.15) is 10.8 Å². The van der Waals surface area contributed by atoms with E-state index in [1.807, 2.05) is 18.2 Å². The molecule has 0 saturated heterocycles. The largest absolute Gasteiger partial charge is 0.496 e. The standard InChI is InChI=1S/C14H15ClN2OS/c1-18-10-6-2-4-8(15)12(10)13(16)14-17-9-5-3-7-11(9)19-14/h2,4,6,13H,3,5,7,16H2,1H3. The summed E-state index contributed by atoms with van der Waals surface area (Å²) in [5.74, 6) is 0.718. The molecule has 1 aromatic heterocycles. The Hall–Kier alpha value is -1.10. The van der Waals surface area contributed by atoms with Gasteiger partial charge in [0.15, 0.2) is 0 Å². The van der Waals surface area contributed by atoms with E-state index < -0.39 is 0 Å². The number of fused-ring (bicyclic) bond motifs is 1. The van der Waals surface area contributed by atoms with Crippen LogP contribution < -0.4 is 10.5 Å². The highest BCUT2D eigenvalue weighted by Gasteiger charge is 2.24. The molecular weight excluding hydrogens is 280 g/mol. The second kappa shape index (κ2) is 5.12. The highest BCUT2D eigenvalue weighted by molar-refractivity contribution is 7.11. The van der Waals surface area contributed by atoms with Gasteiger partial charge in [-0.05, 0) is 31.4 Å². The maximum Gasteiger partial charge on any atom is 0.125 e. The van der Waals surface area contributed by atoms with Gasteiger partial charge in [0.2, 0.25) is 0 Å². The molecule has 1 aromatic carbocycles. The molecule has 5 heteroatoms. The third-order valence-electron chi connectivity index (χ3n) is 3.42. The zero-order chi connectivity index (χ0) is 13.4. The Balaban J connectivity index is 2.01. The maximum absolute atomic E-state index is 6.34. The number of nitrogens with zero attached hydrogens (tertiary/aromatic N) is 1. The van der Waals surface area contributed by atoms with Crippen LogP contribution in [-0.2, 0) is 12.8 Å². The van der Waals surface area contributed by atoms with Crippen molar-refractivity contribution in [2.24, 2.45) is 5.73 Å². The lowest BCUT2D eigenvalue weighted by molar-refractivity contribution is 0.408. The summed E-state index contributed by atoms with van der Waals surface area (Å²) in [7, 11) is 1.63. The highest BCUT2D eigenvalue weighted by atomic mass is 35.5. The number of halogens is 1. The third kappa shape index (κ3) is 2.24. The van der Waals surface area contributed by atoms with Crippen LogP contribution >= 0.6 is 22.9 Å². The van der Waals surface area contributed by atoms with Crippen molar-refractivity contribution < 1.29 is 4.74 Å². The van der Waals surface area contributed by atoms with Crippen LogP contribution in [-0.4, -0.2) is 12.1 Å². The number of ether oxygens (including phenoxy) is 1. The van der Waals surface area contributed by atoms with E-state index in [0.717, 1.165) is 29.2 Å². The Morgan fingerprint density at radius 1 is 1.42 bits per heavy atom. The lowest BCUT2D eigenvalue weighted by Gasteiger charge is -2.15. The number of aromatic nitrogens is 1. The maximum atomic E-state index is 6.34. The normalized spacial score (nSPS) is 15.3. The van der Waals surface area contributed by atoms with Gasteiger partial charge in [-0.25, -0.2) is 4.98 Å². The van der Waals surface area contributed by atoms with Gasteiger partial charge in [-0.3, -0.25) is 0 Å². The first-order valence-corrected chi connectivity index (χ1v) is 7.46. The summed E-state index contributed by atoms with van der Waals surface area (Å²) in [5, 5.41) is 1.55. The predicted molar refractivity (Wildman–Crippen MR) is 78.2 cm³/mol. The molecule has 0 aliphatic heterocycles. The van der Waals surface area contributed by atoms with Crippen LogP contribution in [0, 0.1) is 0 Å². The molecule has 0 saturated carbocycles. The van der Waals surface area contributed by atoms with Gasteiger partial charge < -0.3 is 10.5 Å². The Kier molecular flexibility index (Phi) is 3.48. The van der Waals surface area contributed by atoms with Gasteiger partial charge >= 0.3 is 0 Å². The first kappa shape index (κ1) is 12.9. The summed E-state index contributed by atoms with van der Waals surface area (Å²) >= 11 is 7.97. The molecule has 2 aromatic rings. The summed E-state index contributed by atoms with van der Waals surface area (Å²) in [4.78, 5) is 6.03. The zero-order valence-electron chi connectivity index (χ0n) is 10.6. The third-order valence-corrected chi connectivity index (χ3v) is 4.99. The van der Waals surface area contributed by atoms with Crippen molar-refractivity contribution in [2.45, 2.75) is 25.3 Å². The van der Waals surface area contributed by atoms with Crippen molar-refractivity contribution in [2.75, 3.05) is 7.11 Å². The quantitative estimate of drug-likeness (QED) is 0.944. The van der Waals surface area contributed by atoms with Gasteiger partial charge in [-0.15, -0.1) is 11.3 Å². The van der Waals surface area contributed by atoms with Gasteiger partial charge in [-0.2, -0.15) is 0 Å². The topological polar surface area (TPSA) is 48.1 Å². The number of hydrogen-bond acceptors (Lipinski definition) is 4. The van der Waals surface area contributed by atoms with E-state index in [0.29, 0.717) is 5.02 Å². The number of hydrogen-bond donors (Lipinski definition) is 1. The van der Waals surface area contributed by atoms with E-state index >= 15 is 0 Å². The van der Waals surface area contributed by atoms with Crippen LogP contribution in [0.5, 0.6) is 5.75 Å². The molecule has 1 aliphatic rings. The van der Waals surface area contributed by atoms with Gasteiger partial charge in [0.05, 0.1) is 18.8 Å². The molecule has 1 atom stereocenters. The number of methoxy groups -OCH3 is 1. The fourth-order valence-electron chi connectivity index (χ4n) is 2.46. The van der Waals surface area contributed by atoms with Crippen LogP contribution in [0.15, 0.2) is 18.2 Å². The number of nitrogens with two attached hydrogens (primary N) is 1. The summed E-state index contributed by atoms with van der Waals surface area (Å²) in [6.45, 7) is 0. The molecule has 0 bridgehead atoms. The van der Waals surface area contributed by atoms with Crippen molar-refractivity contribution in [3.05, 3.63) is 44.4 Å². The average Bonchev–Trinajstić information content (AvgIpc) is 2.98. The molecule has 1 heterocycles. The smallest absolute Gasteiger partial charge is 0.125 e. The van der Waals surface area contributed by atoms with E-state index in [1.165, 1.54) is 17.0 Å². The molecule has 100 valence electrons. The lowest BCUT2D eigenvalue weighted by Crippen LogP contribution is -2.13. The van der Waals surface area contributed by atoms with E-state index in [2.05, 4.69) is 4.98 Å². The van der Waals surface area contributed by atoms with Gasteiger partial charge in [0, 0.05) is 15.5 Å². The van der Waals surface area contributed by atoms with Crippen molar-refractivity contribution in [3.8, 4) is 5.75 Å². The SMILES string of the molecule is COc1cccc(Cl)c1C(N)c1nc2c(s1)CCC2. The molecule has 3 nitrogen and oxygen atoms in total. The first-order valence-electron chi connectivity index (χ1n) is 6.27. The van der Waals surface area contributed by atoms with Crippen molar-refractivity contribution in [3.63, 3.8) is 0 Å². The van der Waals surface area contributed by atoms with Crippen LogP contribution in [0.3, 0.4) is 0 Å². The molecule has 3 rings (SSSR count). The van der Waals surface area contributed by atoms with Crippen LogP contribution in [0.4, 0.5) is 0 Å². The Labute approximate surface area is 121 Å². The van der Waals surface area contributed by atoms with Gasteiger partial charge in [0.25, 0.3) is 0 Å². The molecule has 19 heavy (non-hydrogen) atoms. The second-order valence-corrected chi connectivity index (χ2v) is 6.13. The molecule has 0 fully saturated rings. The molecule has 1 unspecified atom stereocenters. The lowest BCUT2D eigenvalue weighted by atomic mass is 10.1. The molecule has 0 radical (unpaired) electrons. The van der Waals surface area contributed by atoms with Crippen LogP contribution in [0.1, 0.15) is 33.6 Å². The number of benzene rings is 1. The van der Waals surface area contributed by atoms with Crippen LogP contribution in [0.25, 0.3) is 0 Å². The minimum absolute atomic E-state index is 0.320. The van der Waals surface area contributed by atoms with Crippen molar-refractivity contribution in [1.29, 1.82) is 0 Å². The number of thiazole rings is 1. The fraction of sp³-hybridized carbons (Fsp3) is 0.357. The Bertz CT molecular complexity index is 590. The second-order valence-electron chi connectivity index (χ2n) is 4.61. The first-order chi connectivity index (χ1) is 9.20. The minimum atomic E-state index is -0.320. The fourth-order valence-corrected chi connectivity index (χ4v) is 3.91. The van der Waals surface area contributed by atoms with E-state index in [9.17, 15) is 0 Å². The molecule has 1 aliphatic carbocycles. The Morgan fingerprint density at radius 2 is 2.26 bits per heavy atom. The van der Waals surface area contributed by atoms with Crippen molar-refractivity contribution in [1.82, 2.24) is 4.98 Å². The summed E-state index contributed by atoms with van der Waals surface area (Å²) in [5.41, 5.74) is 8.37. The predicted octanol–water partition coefficient (Wildman–Crippen LogP) is 3.34. The van der Waals surface area contributed by atoms with E-state index in [1.54, 1.807) is 18.4 Å². The van der Waals surface area contributed by atoms with Crippen molar-refractivity contribution >= 4 is 22.9 Å².